The van der Waals surface area contributed by atoms with Crippen molar-refractivity contribution in [3.63, 3.8) is 0 Å². The van der Waals surface area contributed by atoms with Gasteiger partial charge >= 0.3 is 0 Å². The average Bonchev–Trinajstić information content (AvgIpc) is 3.20. The summed E-state index contributed by atoms with van der Waals surface area (Å²) in [5.41, 5.74) is 4.40. The Labute approximate surface area is 192 Å². The topological polar surface area (TPSA) is 57.4 Å². The Morgan fingerprint density at radius 1 is 0.636 bits per heavy atom. The van der Waals surface area contributed by atoms with Crippen molar-refractivity contribution >= 4 is 34.9 Å². The summed E-state index contributed by atoms with van der Waals surface area (Å²) in [5, 5.41) is 8.54. The van der Waals surface area contributed by atoms with Crippen LogP contribution in [0.1, 0.15) is 11.1 Å². The molecule has 0 atom stereocenters. The highest BCUT2D eigenvalue weighted by atomic mass is 16.2. The molecule has 5 nitrogen and oxygen atoms in total. The first kappa shape index (κ1) is 20.3. The van der Waals surface area contributed by atoms with E-state index in [0.29, 0.717) is 17.2 Å². The first-order chi connectivity index (χ1) is 16.3. The molecule has 0 aromatic heterocycles. The van der Waals surface area contributed by atoms with Gasteiger partial charge in [0.05, 0.1) is 17.1 Å². The van der Waals surface area contributed by atoms with Crippen LogP contribution in [0.15, 0.2) is 136 Å². The molecule has 0 radical (unpaired) electrons. The predicted octanol–water partition coefficient (Wildman–Crippen LogP) is 6.94. The molecule has 0 spiro atoms. The zero-order chi connectivity index (χ0) is 22.5. The zero-order valence-corrected chi connectivity index (χ0v) is 17.7. The molecule has 0 N–H and O–H groups in total. The molecule has 0 fully saturated rings. The third kappa shape index (κ3) is 4.52. The van der Waals surface area contributed by atoms with Crippen LogP contribution in [0.25, 0.3) is 6.08 Å². The molecule has 4 aromatic rings. The van der Waals surface area contributed by atoms with Gasteiger partial charge < -0.3 is 0 Å². The summed E-state index contributed by atoms with van der Waals surface area (Å²) in [6.07, 6.45) is 1.81. The number of hydrogen-bond donors (Lipinski definition) is 0. The van der Waals surface area contributed by atoms with Crippen LogP contribution in [-0.2, 0) is 4.79 Å². The second kappa shape index (κ2) is 9.24. The highest BCUT2D eigenvalue weighted by Gasteiger charge is 2.32. The molecule has 158 valence electrons. The van der Waals surface area contributed by atoms with Crippen molar-refractivity contribution < 1.29 is 4.79 Å². The van der Waals surface area contributed by atoms with Crippen molar-refractivity contribution in [1.29, 1.82) is 0 Å². The van der Waals surface area contributed by atoms with Gasteiger partial charge in [0.1, 0.15) is 11.5 Å². The SMILES string of the molecule is O=C1/C(=C\c2ccccc2)N=C(c2ccccc2)N1c1ccc(N=Nc2ccccc2)cc1. The maximum atomic E-state index is 13.4. The molecule has 1 aliphatic heterocycles. The van der Waals surface area contributed by atoms with E-state index in [4.69, 9.17) is 4.99 Å². The molecule has 5 heteroatoms. The molecular weight excluding hydrogens is 408 g/mol. The van der Waals surface area contributed by atoms with Crippen LogP contribution >= 0.6 is 0 Å². The number of aliphatic imine (C=N–C) groups is 1. The lowest BCUT2D eigenvalue weighted by Gasteiger charge is -2.18. The number of amidine groups is 1. The van der Waals surface area contributed by atoms with E-state index in [2.05, 4.69) is 10.2 Å². The molecule has 0 unspecified atom stereocenters. The van der Waals surface area contributed by atoms with Crippen molar-refractivity contribution in [2.75, 3.05) is 4.90 Å². The van der Waals surface area contributed by atoms with Crippen molar-refractivity contribution in [3.8, 4) is 0 Å². The summed E-state index contributed by atoms with van der Waals surface area (Å²) in [7, 11) is 0. The van der Waals surface area contributed by atoms with Crippen molar-refractivity contribution in [1.82, 2.24) is 0 Å². The van der Waals surface area contributed by atoms with Gasteiger partial charge in [0.25, 0.3) is 5.91 Å². The van der Waals surface area contributed by atoms with Gasteiger partial charge in [-0.25, -0.2) is 4.99 Å². The van der Waals surface area contributed by atoms with Gasteiger partial charge in [-0.2, -0.15) is 10.2 Å². The monoisotopic (exact) mass is 428 g/mol. The lowest BCUT2D eigenvalue weighted by molar-refractivity contribution is -0.113. The number of anilines is 1. The molecule has 33 heavy (non-hydrogen) atoms. The lowest BCUT2D eigenvalue weighted by atomic mass is 10.1. The van der Waals surface area contributed by atoms with E-state index in [1.165, 1.54) is 0 Å². The van der Waals surface area contributed by atoms with E-state index in [0.717, 1.165) is 22.5 Å². The van der Waals surface area contributed by atoms with Crippen LogP contribution in [0.3, 0.4) is 0 Å². The van der Waals surface area contributed by atoms with E-state index >= 15 is 0 Å². The first-order valence-corrected chi connectivity index (χ1v) is 10.6. The molecular formula is C28H20N4O. The number of carbonyl (C=O) groups is 1. The normalized spacial score (nSPS) is 14.8. The van der Waals surface area contributed by atoms with Crippen molar-refractivity contribution in [2.45, 2.75) is 0 Å². The number of nitrogens with zero attached hydrogens (tertiary/aromatic N) is 4. The Kier molecular flexibility index (Phi) is 5.68. The Morgan fingerprint density at radius 3 is 1.82 bits per heavy atom. The molecule has 4 aromatic carbocycles. The summed E-state index contributed by atoms with van der Waals surface area (Å²) < 4.78 is 0. The first-order valence-electron chi connectivity index (χ1n) is 10.6. The Bertz CT molecular complexity index is 1340. The smallest absolute Gasteiger partial charge is 0.266 e. The van der Waals surface area contributed by atoms with E-state index in [-0.39, 0.29) is 5.91 Å². The van der Waals surface area contributed by atoms with Crippen LogP contribution in [-0.4, -0.2) is 11.7 Å². The second-order valence-electron chi connectivity index (χ2n) is 7.43. The molecule has 0 saturated carbocycles. The van der Waals surface area contributed by atoms with Crippen molar-refractivity contribution in [3.05, 3.63) is 132 Å². The van der Waals surface area contributed by atoms with Crippen LogP contribution < -0.4 is 4.90 Å². The number of carbonyl (C=O) groups excluding carboxylic acids is 1. The minimum absolute atomic E-state index is 0.170. The fourth-order valence-corrected chi connectivity index (χ4v) is 3.52. The predicted molar refractivity (Wildman–Crippen MR) is 132 cm³/mol. The Morgan fingerprint density at radius 2 is 1.18 bits per heavy atom. The van der Waals surface area contributed by atoms with Crippen LogP contribution in [0.4, 0.5) is 17.1 Å². The van der Waals surface area contributed by atoms with Gasteiger partial charge in [-0.05, 0) is 48.0 Å². The van der Waals surface area contributed by atoms with E-state index in [9.17, 15) is 4.79 Å². The Hall–Kier alpha value is -4.64. The number of azo groups is 1. The van der Waals surface area contributed by atoms with Gasteiger partial charge in [-0.1, -0.05) is 78.9 Å². The fourth-order valence-electron chi connectivity index (χ4n) is 3.52. The molecule has 1 heterocycles. The second-order valence-corrected chi connectivity index (χ2v) is 7.43. The lowest BCUT2D eigenvalue weighted by Crippen LogP contribution is -2.32. The van der Waals surface area contributed by atoms with Gasteiger partial charge in [-0.15, -0.1) is 0 Å². The quantitative estimate of drug-likeness (QED) is 0.251. The largest absolute Gasteiger partial charge is 0.282 e. The molecule has 5 rings (SSSR count). The van der Waals surface area contributed by atoms with Crippen molar-refractivity contribution in [2.24, 2.45) is 15.2 Å². The highest BCUT2D eigenvalue weighted by molar-refractivity contribution is 6.33. The van der Waals surface area contributed by atoms with Crippen LogP contribution in [0, 0.1) is 0 Å². The molecule has 0 bridgehead atoms. The molecule has 0 aliphatic carbocycles. The number of benzene rings is 4. The van der Waals surface area contributed by atoms with Gasteiger partial charge in [0.2, 0.25) is 0 Å². The van der Waals surface area contributed by atoms with Gasteiger partial charge in [-0.3, -0.25) is 9.69 Å². The van der Waals surface area contributed by atoms with E-state index < -0.39 is 0 Å². The van der Waals surface area contributed by atoms with Crippen LogP contribution in [0.2, 0.25) is 0 Å². The number of hydrogen-bond acceptors (Lipinski definition) is 4. The molecule has 0 saturated heterocycles. The van der Waals surface area contributed by atoms with Gasteiger partial charge in [0, 0.05) is 5.56 Å². The van der Waals surface area contributed by atoms with E-state index in [1.807, 2.05) is 121 Å². The van der Waals surface area contributed by atoms with Gasteiger partial charge in [0.15, 0.2) is 0 Å². The maximum absolute atomic E-state index is 13.4. The minimum atomic E-state index is -0.170. The van der Waals surface area contributed by atoms with Crippen LogP contribution in [0.5, 0.6) is 0 Å². The summed E-state index contributed by atoms with van der Waals surface area (Å²) in [4.78, 5) is 19.7. The van der Waals surface area contributed by atoms with E-state index in [1.54, 1.807) is 4.90 Å². The maximum Gasteiger partial charge on any atom is 0.282 e. The average molecular weight is 428 g/mol. The summed E-state index contributed by atoms with van der Waals surface area (Å²) in [6.45, 7) is 0. The summed E-state index contributed by atoms with van der Waals surface area (Å²) >= 11 is 0. The highest BCUT2D eigenvalue weighted by Crippen LogP contribution is 2.29. The number of rotatable bonds is 5. The zero-order valence-electron chi connectivity index (χ0n) is 17.7. The summed E-state index contributed by atoms with van der Waals surface area (Å²) in [6, 6.07) is 36.4. The Balaban J connectivity index is 1.48. The third-order valence-corrected chi connectivity index (χ3v) is 5.14. The minimum Gasteiger partial charge on any atom is -0.266 e. The molecule has 1 amide bonds. The molecule has 1 aliphatic rings. The third-order valence-electron chi connectivity index (χ3n) is 5.14. The standard InChI is InChI=1S/C28H20N4O/c33-28-26(20-21-10-4-1-5-11-21)29-27(22-12-6-2-7-13-22)32(28)25-18-16-24(17-19-25)31-30-23-14-8-3-9-15-23/h1-20H/b26-20+,31-30?. The fraction of sp³-hybridized carbons (Fsp3) is 0. The summed E-state index contributed by atoms with van der Waals surface area (Å²) in [5.74, 6) is 0.429. The number of amides is 1.